The van der Waals surface area contributed by atoms with Crippen molar-refractivity contribution in [3.05, 3.63) is 59.4 Å². The Kier molecular flexibility index (Phi) is 5.00. The Bertz CT molecular complexity index is 1270. The second-order valence-electron chi connectivity index (χ2n) is 7.26. The Morgan fingerprint density at radius 3 is 2.65 bits per heavy atom. The van der Waals surface area contributed by atoms with Gasteiger partial charge < -0.3 is 9.84 Å². The third-order valence-corrected chi connectivity index (χ3v) is 4.77. The highest BCUT2D eigenvalue weighted by Crippen LogP contribution is 2.37. The number of hydrogen-bond donors (Lipinski definition) is 1. The molecule has 31 heavy (non-hydrogen) atoms. The number of nitrogens with one attached hydrogen (secondary N) is 1. The van der Waals surface area contributed by atoms with Crippen LogP contribution in [0.1, 0.15) is 41.5 Å². The highest BCUT2D eigenvalue weighted by atomic mass is 19.4. The molecule has 4 aromatic rings. The summed E-state index contributed by atoms with van der Waals surface area (Å²) in [5, 5.41) is 11.1. The molecule has 0 aliphatic carbocycles. The number of hydrogen-bond acceptors (Lipinski definition) is 5. The number of fused-ring (bicyclic) bond motifs is 1. The summed E-state index contributed by atoms with van der Waals surface area (Å²) in [6.45, 7) is 5.44. The summed E-state index contributed by atoms with van der Waals surface area (Å²) in [6.07, 6.45) is -3.04. The summed E-state index contributed by atoms with van der Waals surface area (Å²) in [5.41, 5.74) is -0.573. The van der Waals surface area contributed by atoms with Crippen LogP contribution in [-0.4, -0.2) is 25.8 Å². The summed E-state index contributed by atoms with van der Waals surface area (Å²) in [7, 11) is 0. The van der Waals surface area contributed by atoms with Crippen molar-refractivity contribution in [2.75, 3.05) is 5.32 Å². The second-order valence-corrected chi connectivity index (χ2v) is 7.26. The van der Waals surface area contributed by atoms with E-state index in [1.807, 2.05) is 13.8 Å². The van der Waals surface area contributed by atoms with Gasteiger partial charge in [0.25, 0.3) is 11.6 Å². The van der Waals surface area contributed by atoms with Crippen LogP contribution in [0.4, 0.5) is 19.0 Å². The van der Waals surface area contributed by atoms with E-state index < -0.39 is 17.6 Å². The average molecular weight is 429 g/mol. The number of aryl methyl sites for hydroxylation is 1. The summed E-state index contributed by atoms with van der Waals surface area (Å²) in [5.74, 6) is -0.0804. The molecule has 0 unspecified atom stereocenters. The first kappa shape index (κ1) is 20.6. The molecule has 160 valence electrons. The number of carbonyl (C=O) groups is 1. The van der Waals surface area contributed by atoms with Gasteiger partial charge in [-0.2, -0.15) is 18.3 Å². The summed E-state index contributed by atoms with van der Waals surface area (Å²) in [6, 6.07) is 7.99. The predicted octanol–water partition coefficient (Wildman–Crippen LogP) is 5.25. The van der Waals surface area contributed by atoms with Crippen molar-refractivity contribution < 1.29 is 22.5 Å². The van der Waals surface area contributed by atoms with Crippen molar-refractivity contribution in [2.24, 2.45) is 0 Å². The van der Waals surface area contributed by atoms with Crippen LogP contribution in [0.3, 0.4) is 0 Å². The van der Waals surface area contributed by atoms with Gasteiger partial charge >= 0.3 is 6.18 Å². The molecule has 0 bridgehead atoms. The molecule has 0 spiro atoms. The lowest BCUT2D eigenvalue weighted by molar-refractivity contribution is -0.137. The fourth-order valence-electron chi connectivity index (χ4n) is 3.37. The zero-order chi connectivity index (χ0) is 22.3. The van der Waals surface area contributed by atoms with E-state index >= 15 is 0 Å². The van der Waals surface area contributed by atoms with Crippen LogP contribution in [0.15, 0.2) is 47.1 Å². The van der Waals surface area contributed by atoms with Crippen molar-refractivity contribution in [3.63, 3.8) is 0 Å². The van der Waals surface area contributed by atoms with Crippen molar-refractivity contribution in [3.8, 4) is 11.3 Å². The molecule has 4 rings (SSSR count). The maximum atomic E-state index is 13.5. The molecule has 1 N–H and O–H groups in total. The van der Waals surface area contributed by atoms with Crippen molar-refractivity contribution in [1.82, 2.24) is 19.9 Å². The normalized spacial score (nSPS) is 12.0. The lowest BCUT2D eigenvalue weighted by Crippen LogP contribution is -2.17. The van der Waals surface area contributed by atoms with Gasteiger partial charge in [0.05, 0.1) is 34.1 Å². The van der Waals surface area contributed by atoms with E-state index in [0.29, 0.717) is 16.9 Å². The number of rotatable bonds is 4. The zero-order valence-corrected chi connectivity index (χ0v) is 16.9. The summed E-state index contributed by atoms with van der Waals surface area (Å²) < 4.78 is 47.4. The maximum Gasteiger partial charge on any atom is 0.417 e. The average Bonchev–Trinajstić information content (AvgIpc) is 3.33. The summed E-state index contributed by atoms with van der Waals surface area (Å²) in [4.78, 5) is 17.3. The second kappa shape index (κ2) is 7.53. The molecular weight excluding hydrogens is 411 g/mol. The highest BCUT2D eigenvalue weighted by Gasteiger charge is 2.34. The van der Waals surface area contributed by atoms with E-state index in [2.05, 4.69) is 20.6 Å². The molecular formula is C21H18F3N5O2. The van der Waals surface area contributed by atoms with Crippen molar-refractivity contribution in [2.45, 2.75) is 33.0 Å². The van der Waals surface area contributed by atoms with Gasteiger partial charge in [0.2, 0.25) is 0 Å². The van der Waals surface area contributed by atoms with Gasteiger partial charge in [-0.3, -0.25) is 4.79 Å². The molecule has 0 saturated heterocycles. The van der Waals surface area contributed by atoms with Gasteiger partial charge in [0.1, 0.15) is 5.82 Å². The van der Waals surface area contributed by atoms with Crippen LogP contribution in [0, 0.1) is 6.92 Å². The van der Waals surface area contributed by atoms with Gasteiger partial charge in [-0.05, 0) is 32.9 Å². The molecule has 0 atom stereocenters. The zero-order valence-electron chi connectivity index (χ0n) is 16.9. The molecule has 0 aliphatic rings. The highest BCUT2D eigenvalue weighted by molar-refractivity contribution is 6.12. The summed E-state index contributed by atoms with van der Waals surface area (Å²) >= 11 is 0. The minimum Gasteiger partial charge on any atom is -0.335 e. The van der Waals surface area contributed by atoms with Gasteiger partial charge in [-0.1, -0.05) is 23.4 Å². The topological polar surface area (TPSA) is 85.8 Å². The minimum atomic E-state index is -4.59. The monoisotopic (exact) mass is 429 g/mol. The number of pyridine rings is 1. The van der Waals surface area contributed by atoms with Crippen LogP contribution < -0.4 is 5.32 Å². The van der Waals surface area contributed by atoms with E-state index in [4.69, 9.17) is 4.52 Å². The first-order valence-electron chi connectivity index (χ1n) is 9.45. The van der Waals surface area contributed by atoms with Crippen LogP contribution in [-0.2, 0) is 6.18 Å². The van der Waals surface area contributed by atoms with Gasteiger partial charge in [-0.25, -0.2) is 9.67 Å². The fraction of sp³-hybridized carbons (Fsp3) is 0.238. The number of halogens is 3. The Hall–Kier alpha value is -3.69. The number of alkyl halides is 3. The molecule has 0 radical (unpaired) electrons. The molecule has 1 amide bonds. The lowest BCUT2D eigenvalue weighted by atomic mass is 10.0. The SMILES string of the molecule is Cc1noc2nc(-c3ccccc3C(F)(F)F)cc(C(=O)Nc3ccnn3C(C)C)c12. The largest absolute Gasteiger partial charge is 0.417 e. The van der Waals surface area contributed by atoms with Crippen LogP contribution in [0.5, 0.6) is 0 Å². The molecule has 10 heteroatoms. The standard InChI is InChI=1S/C21H18F3N5O2/c1-11(2)29-17(8-9-25-29)27-19(30)14-10-16(26-20-18(14)12(3)28-31-20)13-6-4-5-7-15(13)21(22,23)24/h4-11H,1-3H3,(H,27,30). The number of carbonyl (C=O) groups excluding carboxylic acids is 1. The molecule has 0 saturated carbocycles. The van der Waals surface area contributed by atoms with Gasteiger partial charge in [-0.15, -0.1) is 0 Å². The molecule has 3 aromatic heterocycles. The Labute approximate surface area is 174 Å². The fourth-order valence-corrected chi connectivity index (χ4v) is 3.37. The van der Waals surface area contributed by atoms with Crippen LogP contribution >= 0.6 is 0 Å². The Balaban J connectivity index is 1.86. The first-order chi connectivity index (χ1) is 14.7. The third-order valence-electron chi connectivity index (χ3n) is 4.77. The number of nitrogens with zero attached hydrogens (tertiary/aromatic N) is 4. The first-order valence-corrected chi connectivity index (χ1v) is 9.45. The van der Waals surface area contributed by atoms with Crippen molar-refractivity contribution in [1.29, 1.82) is 0 Å². The molecule has 7 nitrogen and oxygen atoms in total. The number of amides is 1. The number of benzene rings is 1. The molecule has 1 aromatic carbocycles. The lowest BCUT2D eigenvalue weighted by Gasteiger charge is -2.14. The smallest absolute Gasteiger partial charge is 0.335 e. The van der Waals surface area contributed by atoms with E-state index in [1.54, 1.807) is 23.9 Å². The van der Waals surface area contributed by atoms with Gasteiger partial charge in [0.15, 0.2) is 0 Å². The molecule has 0 aliphatic heterocycles. The van der Waals surface area contributed by atoms with Crippen LogP contribution in [0.25, 0.3) is 22.4 Å². The molecule has 3 heterocycles. The Morgan fingerprint density at radius 2 is 1.94 bits per heavy atom. The van der Waals surface area contributed by atoms with Crippen LogP contribution in [0.2, 0.25) is 0 Å². The van der Waals surface area contributed by atoms with E-state index in [-0.39, 0.29) is 28.6 Å². The number of aromatic nitrogens is 4. The predicted molar refractivity (Wildman–Crippen MR) is 108 cm³/mol. The van der Waals surface area contributed by atoms with E-state index in [0.717, 1.165) is 6.07 Å². The van der Waals surface area contributed by atoms with Crippen molar-refractivity contribution >= 4 is 22.8 Å². The minimum absolute atomic E-state index is 0.00527. The molecule has 0 fully saturated rings. The quantitative estimate of drug-likeness (QED) is 0.479. The van der Waals surface area contributed by atoms with E-state index in [9.17, 15) is 18.0 Å². The third kappa shape index (κ3) is 3.76. The van der Waals surface area contributed by atoms with Gasteiger partial charge in [0, 0.05) is 17.7 Å². The Morgan fingerprint density at radius 1 is 1.19 bits per heavy atom. The number of anilines is 1. The maximum absolute atomic E-state index is 13.5. The van der Waals surface area contributed by atoms with E-state index in [1.165, 1.54) is 24.3 Å².